The maximum atomic E-state index is 12.9. The van der Waals surface area contributed by atoms with Crippen molar-refractivity contribution in [3.8, 4) is 0 Å². The Labute approximate surface area is 116 Å². The Balaban J connectivity index is 2.31. The van der Waals surface area contributed by atoms with Gasteiger partial charge in [-0.25, -0.2) is 0 Å². The Morgan fingerprint density at radius 1 is 1.30 bits per heavy atom. The van der Waals surface area contributed by atoms with Crippen LogP contribution >= 0.6 is 0 Å². The number of anilines is 2. The zero-order valence-corrected chi connectivity index (χ0v) is 11.2. The van der Waals surface area contributed by atoms with Crippen molar-refractivity contribution in [2.45, 2.75) is 37.9 Å². The molecule has 0 aliphatic carbocycles. The quantitative estimate of drug-likeness (QED) is 0.841. The summed E-state index contributed by atoms with van der Waals surface area (Å²) in [5.41, 5.74) is 4.91. The average Bonchev–Trinajstić information content (AvgIpc) is 2.39. The predicted molar refractivity (Wildman–Crippen MR) is 72.5 cm³/mol. The van der Waals surface area contributed by atoms with Crippen LogP contribution < -0.4 is 10.6 Å². The summed E-state index contributed by atoms with van der Waals surface area (Å²) in [6.07, 6.45) is -0.976. The molecule has 0 spiro atoms. The first-order chi connectivity index (χ1) is 9.43. The molecular weight excluding hydrogens is 269 g/mol. The highest BCUT2D eigenvalue weighted by molar-refractivity contribution is 5.60. The van der Waals surface area contributed by atoms with E-state index in [9.17, 15) is 13.2 Å². The lowest BCUT2D eigenvalue weighted by Gasteiger charge is -2.37. The molecule has 3 N–H and O–H groups in total. The number of piperidine rings is 1. The maximum Gasteiger partial charge on any atom is 0.418 e. The molecule has 1 aromatic rings. The van der Waals surface area contributed by atoms with Crippen LogP contribution in [0.15, 0.2) is 18.2 Å². The molecule has 1 unspecified atom stereocenters. The molecule has 0 aromatic heterocycles. The first-order valence-electron chi connectivity index (χ1n) is 6.77. The summed E-state index contributed by atoms with van der Waals surface area (Å²) in [7, 11) is 0. The number of nitrogens with zero attached hydrogens (tertiary/aromatic N) is 1. The van der Waals surface area contributed by atoms with Gasteiger partial charge in [0.15, 0.2) is 0 Å². The van der Waals surface area contributed by atoms with E-state index < -0.39 is 11.7 Å². The summed E-state index contributed by atoms with van der Waals surface area (Å²) < 4.78 is 38.7. The minimum Gasteiger partial charge on any atom is -0.398 e. The van der Waals surface area contributed by atoms with Crippen molar-refractivity contribution < 1.29 is 18.3 Å². The third kappa shape index (κ3) is 3.17. The van der Waals surface area contributed by atoms with Crippen LogP contribution in [0.25, 0.3) is 0 Å². The third-order valence-electron chi connectivity index (χ3n) is 3.76. The van der Waals surface area contributed by atoms with Gasteiger partial charge in [0, 0.05) is 30.6 Å². The minimum atomic E-state index is -4.44. The van der Waals surface area contributed by atoms with Gasteiger partial charge < -0.3 is 15.7 Å². The molecule has 0 radical (unpaired) electrons. The van der Waals surface area contributed by atoms with Crippen LogP contribution in [0.1, 0.15) is 31.2 Å². The summed E-state index contributed by atoms with van der Waals surface area (Å²) >= 11 is 0. The summed E-state index contributed by atoms with van der Waals surface area (Å²) in [5, 5.41) is 9.08. The number of hydrogen-bond donors (Lipinski definition) is 2. The van der Waals surface area contributed by atoms with Crippen LogP contribution in [-0.2, 0) is 6.18 Å². The van der Waals surface area contributed by atoms with E-state index >= 15 is 0 Å². The van der Waals surface area contributed by atoms with Crippen LogP contribution in [0, 0.1) is 0 Å². The number of halogens is 3. The van der Waals surface area contributed by atoms with E-state index in [1.807, 2.05) is 4.90 Å². The Morgan fingerprint density at radius 3 is 2.70 bits per heavy atom. The molecule has 1 aliphatic rings. The fraction of sp³-hybridized carbons (Fsp3) is 0.571. The second-order valence-electron chi connectivity index (χ2n) is 5.12. The first-order valence-corrected chi connectivity index (χ1v) is 6.77. The summed E-state index contributed by atoms with van der Waals surface area (Å²) in [5.74, 6) is 0. The summed E-state index contributed by atoms with van der Waals surface area (Å²) in [6.45, 7) is 0.758. The molecule has 0 amide bonds. The molecule has 20 heavy (non-hydrogen) atoms. The fourth-order valence-electron chi connectivity index (χ4n) is 2.76. The number of aliphatic hydroxyl groups excluding tert-OH is 1. The van der Waals surface area contributed by atoms with Gasteiger partial charge in [0.05, 0.1) is 5.56 Å². The highest BCUT2D eigenvalue weighted by Gasteiger charge is 2.34. The number of hydrogen-bond acceptors (Lipinski definition) is 3. The molecule has 3 nitrogen and oxygen atoms in total. The SMILES string of the molecule is Nc1ccc(N2CCCCC2CCO)cc1C(F)(F)F. The smallest absolute Gasteiger partial charge is 0.398 e. The molecule has 1 heterocycles. The van der Waals surface area contributed by atoms with E-state index in [4.69, 9.17) is 10.8 Å². The number of nitrogen functional groups attached to an aromatic ring is 1. The molecule has 0 saturated carbocycles. The van der Waals surface area contributed by atoms with Crippen molar-refractivity contribution in [3.05, 3.63) is 23.8 Å². The van der Waals surface area contributed by atoms with Crippen molar-refractivity contribution in [1.82, 2.24) is 0 Å². The van der Waals surface area contributed by atoms with Crippen LogP contribution in [0.3, 0.4) is 0 Å². The van der Waals surface area contributed by atoms with Crippen molar-refractivity contribution in [1.29, 1.82) is 0 Å². The van der Waals surface area contributed by atoms with Crippen LogP contribution in [0.4, 0.5) is 24.5 Å². The van der Waals surface area contributed by atoms with Crippen LogP contribution in [0.5, 0.6) is 0 Å². The van der Waals surface area contributed by atoms with E-state index in [0.717, 1.165) is 25.3 Å². The van der Waals surface area contributed by atoms with E-state index in [0.29, 0.717) is 18.7 Å². The van der Waals surface area contributed by atoms with Crippen molar-refractivity contribution in [3.63, 3.8) is 0 Å². The van der Waals surface area contributed by atoms with Gasteiger partial charge in [0.2, 0.25) is 0 Å². The first kappa shape index (κ1) is 15.0. The summed E-state index contributed by atoms with van der Waals surface area (Å²) in [6, 6.07) is 4.15. The minimum absolute atomic E-state index is 0.0439. The highest BCUT2D eigenvalue weighted by Crippen LogP contribution is 2.37. The lowest BCUT2D eigenvalue weighted by Crippen LogP contribution is -2.40. The van der Waals surface area contributed by atoms with Gasteiger partial charge in [0.25, 0.3) is 0 Å². The van der Waals surface area contributed by atoms with Gasteiger partial charge in [-0.1, -0.05) is 0 Å². The number of nitrogens with two attached hydrogens (primary N) is 1. The number of rotatable bonds is 3. The molecule has 6 heteroatoms. The van der Waals surface area contributed by atoms with E-state index in [-0.39, 0.29) is 18.3 Å². The van der Waals surface area contributed by atoms with E-state index in [2.05, 4.69) is 0 Å². The molecule has 1 aliphatic heterocycles. The molecule has 1 fully saturated rings. The Hall–Kier alpha value is -1.43. The van der Waals surface area contributed by atoms with Crippen molar-refractivity contribution in [2.24, 2.45) is 0 Å². The number of aliphatic hydroxyl groups is 1. The zero-order valence-electron chi connectivity index (χ0n) is 11.2. The van der Waals surface area contributed by atoms with Crippen LogP contribution in [0.2, 0.25) is 0 Å². The molecular formula is C14H19F3N2O. The molecule has 1 aromatic carbocycles. The second-order valence-corrected chi connectivity index (χ2v) is 5.12. The molecule has 2 rings (SSSR count). The van der Waals surface area contributed by atoms with Gasteiger partial charge in [0.1, 0.15) is 0 Å². The van der Waals surface area contributed by atoms with Gasteiger partial charge in [-0.15, -0.1) is 0 Å². The summed E-state index contributed by atoms with van der Waals surface area (Å²) in [4.78, 5) is 1.95. The average molecular weight is 288 g/mol. The Morgan fingerprint density at radius 2 is 2.05 bits per heavy atom. The maximum absolute atomic E-state index is 12.9. The van der Waals surface area contributed by atoms with Gasteiger partial charge in [-0.2, -0.15) is 13.2 Å². The van der Waals surface area contributed by atoms with Gasteiger partial charge in [-0.05, 0) is 43.9 Å². The molecule has 0 bridgehead atoms. The van der Waals surface area contributed by atoms with Crippen LogP contribution in [-0.4, -0.2) is 24.3 Å². The Kier molecular flexibility index (Phi) is 4.42. The third-order valence-corrected chi connectivity index (χ3v) is 3.76. The Bertz CT molecular complexity index is 460. The fourth-order valence-corrected chi connectivity index (χ4v) is 2.76. The zero-order chi connectivity index (χ0) is 14.8. The predicted octanol–water partition coefficient (Wildman–Crippen LogP) is 3.03. The standard InChI is InChI=1S/C14H19F3N2O/c15-14(16,17)12-9-11(4-5-13(12)18)19-7-2-1-3-10(19)6-8-20/h4-5,9-10,20H,1-3,6-8,18H2. The monoisotopic (exact) mass is 288 g/mol. The van der Waals surface area contributed by atoms with Gasteiger partial charge in [-0.3, -0.25) is 0 Å². The molecule has 1 atom stereocenters. The van der Waals surface area contributed by atoms with Crippen molar-refractivity contribution >= 4 is 11.4 Å². The number of benzene rings is 1. The highest BCUT2D eigenvalue weighted by atomic mass is 19.4. The van der Waals surface area contributed by atoms with E-state index in [1.165, 1.54) is 6.07 Å². The number of alkyl halides is 3. The largest absolute Gasteiger partial charge is 0.418 e. The second kappa shape index (κ2) is 5.91. The van der Waals surface area contributed by atoms with Gasteiger partial charge >= 0.3 is 6.18 Å². The van der Waals surface area contributed by atoms with Crippen molar-refractivity contribution in [2.75, 3.05) is 23.8 Å². The molecule has 1 saturated heterocycles. The lowest BCUT2D eigenvalue weighted by atomic mass is 9.98. The lowest BCUT2D eigenvalue weighted by molar-refractivity contribution is -0.136. The molecule has 112 valence electrons. The normalized spacial score (nSPS) is 20.2. The van der Waals surface area contributed by atoms with E-state index in [1.54, 1.807) is 6.07 Å². The topological polar surface area (TPSA) is 49.5 Å².